The van der Waals surface area contributed by atoms with Crippen LogP contribution in [0, 0.1) is 5.92 Å². The molecule has 0 aliphatic rings. The lowest BCUT2D eigenvalue weighted by Crippen LogP contribution is -2.36. The summed E-state index contributed by atoms with van der Waals surface area (Å²) < 4.78 is 5.10. The molecule has 104 valence electrons. The van der Waals surface area contributed by atoms with Crippen LogP contribution in [0.1, 0.15) is 18.9 Å². The summed E-state index contributed by atoms with van der Waals surface area (Å²) in [7, 11) is 1.60. The first kappa shape index (κ1) is 15.0. The van der Waals surface area contributed by atoms with Gasteiger partial charge in [-0.05, 0) is 30.5 Å². The first-order valence-electron chi connectivity index (χ1n) is 6.22. The Morgan fingerprint density at radius 2 is 2.16 bits per heavy atom. The highest BCUT2D eigenvalue weighted by Gasteiger charge is 2.23. The SMILES string of the molecule is CCC(C(=O)O)C(=O)NCCc1cccc(OC)c1. The molecule has 0 fully saturated rings. The third-order valence-corrected chi connectivity index (χ3v) is 2.87. The zero-order valence-corrected chi connectivity index (χ0v) is 11.2. The standard InChI is InChI=1S/C14H19NO4/c1-3-12(14(17)18)13(16)15-8-7-10-5-4-6-11(9-10)19-2/h4-6,9,12H,3,7-8H2,1-2H3,(H,15,16)(H,17,18). The number of ether oxygens (including phenoxy) is 1. The predicted octanol–water partition coefficient (Wildman–Crippen LogP) is 1.46. The first-order chi connectivity index (χ1) is 9.08. The zero-order valence-electron chi connectivity index (χ0n) is 11.2. The van der Waals surface area contributed by atoms with Crippen molar-refractivity contribution < 1.29 is 19.4 Å². The molecule has 0 aliphatic heterocycles. The van der Waals surface area contributed by atoms with Gasteiger partial charge < -0.3 is 15.2 Å². The highest BCUT2D eigenvalue weighted by Crippen LogP contribution is 2.12. The van der Waals surface area contributed by atoms with Crippen LogP contribution in [0.15, 0.2) is 24.3 Å². The second kappa shape index (κ2) is 7.41. The molecule has 1 unspecified atom stereocenters. The lowest BCUT2D eigenvalue weighted by atomic mass is 10.1. The van der Waals surface area contributed by atoms with Crippen LogP contribution >= 0.6 is 0 Å². The average Bonchev–Trinajstić information content (AvgIpc) is 2.39. The summed E-state index contributed by atoms with van der Waals surface area (Å²) in [6.45, 7) is 2.09. The molecule has 0 heterocycles. The summed E-state index contributed by atoms with van der Waals surface area (Å²) in [5.74, 6) is -1.72. The van der Waals surface area contributed by atoms with E-state index in [1.54, 1.807) is 14.0 Å². The van der Waals surface area contributed by atoms with Gasteiger partial charge in [0.25, 0.3) is 0 Å². The van der Waals surface area contributed by atoms with E-state index in [9.17, 15) is 9.59 Å². The molecule has 5 heteroatoms. The summed E-state index contributed by atoms with van der Waals surface area (Å²) in [5, 5.41) is 11.5. The smallest absolute Gasteiger partial charge is 0.316 e. The van der Waals surface area contributed by atoms with Crippen LogP contribution in [0.5, 0.6) is 5.75 Å². The summed E-state index contributed by atoms with van der Waals surface area (Å²) >= 11 is 0. The summed E-state index contributed by atoms with van der Waals surface area (Å²) in [5.41, 5.74) is 1.03. The Balaban J connectivity index is 2.45. The van der Waals surface area contributed by atoms with Gasteiger partial charge in [0, 0.05) is 6.54 Å². The van der Waals surface area contributed by atoms with Gasteiger partial charge in [-0.15, -0.1) is 0 Å². The van der Waals surface area contributed by atoms with Crippen LogP contribution in [0.3, 0.4) is 0 Å². The number of carbonyl (C=O) groups excluding carboxylic acids is 1. The lowest BCUT2D eigenvalue weighted by molar-refractivity contribution is -0.147. The Hall–Kier alpha value is -2.04. The number of methoxy groups -OCH3 is 1. The number of rotatable bonds is 7. The normalized spacial score (nSPS) is 11.7. The van der Waals surface area contributed by atoms with E-state index in [0.29, 0.717) is 19.4 Å². The van der Waals surface area contributed by atoms with E-state index in [1.807, 2.05) is 24.3 Å². The predicted molar refractivity (Wildman–Crippen MR) is 71.1 cm³/mol. The van der Waals surface area contributed by atoms with Crippen molar-refractivity contribution >= 4 is 11.9 Å². The van der Waals surface area contributed by atoms with E-state index in [0.717, 1.165) is 11.3 Å². The fourth-order valence-corrected chi connectivity index (χ4v) is 1.75. The van der Waals surface area contributed by atoms with Gasteiger partial charge in [0.1, 0.15) is 11.7 Å². The van der Waals surface area contributed by atoms with Gasteiger partial charge >= 0.3 is 5.97 Å². The monoisotopic (exact) mass is 265 g/mol. The molecule has 0 saturated heterocycles. The Labute approximate surface area is 112 Å². The van der Waals surface area contributed by atoms with Crippen molar-refractivity contribution in [2.24, 2.45) is 5.92 Å². The average molecular weight is 265 g/mol. The van der Waals surface area contributed by atoms with Crippen molar-refractivity contribution in [3.05, 3.63) is 29.8 Å². The molecule has 0 saturated carbocycles. The van der Waals surface area contributed by atoms with E-state index < -0.39 is 17.8 Å². The number of carboxylic acids is 1. The van der Waals surface area contributed by atoms with Gasteiger partial charge in [-0.25, -0.2) is 0 Å². The lowest BCUT2D eigenvalue weighted by Gasteiger charge is -2.11. The molecule has 0 bridgehead atoms. The van der Waals surface area contributed by atoms with Crippen LogP contribution < -0.4 is 10.1 Å². The van der Waals surface area contributed by atoms with Crippen LogP contribution in [0.4, 0.5) is 0 Å². The highest BCUT2D eigenvalue weighted by molar-refractivity contribution is 5.96. The third kappa shape index (κ3) is 4.62. The quantitative estimate of drug-likeness (QED) is 0.732. The second-order valence-electron chi connectivity index (χ2n) is 4.19. The van der Waals surface area contributed by atoms with Crippen LogP contribution in [0.25, 0.3) is 0 Å². The number of carbonyl (C=O) groups is 2. The molecular weight excluding hydrogens is 246 g/mol. The minimum absolute atomic E-state index is 0.292. The number of benzene rings is 1. The molecule has 1 aromatic carbocycles. The topological polar surface area (TPSA) is 75.6 Å². The Kier molecular flexibility index (Phi) is 5.85. The zero-order chi connectivity index (χ0) is 14.3. The summed E-state index contributed by atoms with van der Waals surface area (Å²) in [6, 6.07) is 7.55. The van der Waals surface area contributed by atoms with Crippen molar-refractivity contribution in [1.82, 2.24) is 5.32 Å². The fraction of sp³-hybridized carbons (Fsp3) is 0.429. The Morgan fingerprint density at radius 3 is 2.74 bits per heavy atom. The number of amides is 1. The molecule has 0 radical (unpaired) electrons. The van der Waals surface area contributed by atoms with Crippen LogP contribution in [-0.4, -0.2) is 30.6 Å². The number of carboxylic acid groups (broad SMARTS) is 1. The van der Waals surface area contributed by atoms with Gasteiger partial charge in [-0.2, -0.15) is 0 Å². The Morgan fingerprint density at radius 1 is 1.42 bits per heavy atom. The molecule has 1 rings (SSSR count). The van der Waals surface area contributed by atoms with Gasteiger partial charge in [0.2, 0.25) is 5.91 Å². The second-order valence-corrected chi connectivity index (χ2v) is 4.19. The summed E-state index contributed by atoms with van der Waals surface area (Å²) in [4.78, 5) is 22.4. The number of hydrogen-bond acceptors (Lipinski definition) is 3. The van der Waals surface area contributed by atoms with Crippen molar-refractivity contribution in [1.29, 1.82) is 0 Å². The van der Waals surface area contributed by atoms with E-state index in [4.69, 9.17) is 9.84 Å². The largest absolute Gasteiger partial charge is 0.497 e. The molecule has 0 aromatic heterocycles. The fourth-order valence-electron chi connectivity index (χ4n) is 1.75. The molecular formula is C14H19NO4. The molecule has 5 nitrogen and oxygen atoms in total. The molecule has 0 aliphatic carbocycles. The minimum Gasteiger partial charge on any atom is -0.497 e. The molecule has 2 N–H and O–H groups in total. The van der Waals surface area contributed by atoms with E-state index >= 15 is 0 Å². The molecule has 1 atom stereocenters. The third-order valence-electron chi connectivity index (χ3n) is 2.87. The van der Waals surface area contributed by atoms with E-state index in [1.165, 1.54) is 0 Å². The highest BCUT2D eigenvalue weighted by atomic mass is 16.5. The van der Waals surface area contributed by atoms with Crippen molar-refractivity contribution in [3.8, 4) is 5.75 Å². The molecule has 1 amide bonds. The maximum atomic E-state index is 11.6. The number of hydrogen-bond donors (Lipinski definition) is 2. The van der Waals surface area contributed by atoms with Crippen LogP contribution in [0.2, 0.25) is 0 Å². The maximum Gasteiger partial charge on any atom is 0.316 e. The van der Waals surface area contributed by atoms with Crippen molar-refractivity contribution in [2.75, 3.05) is 13.7 Å². The van der Waals surface area contributed by atoms with Crippen molar-refractivity contribution in [3.63, 3.8) is 0 Å². The summed E-state index contributed by atoms with van der Waals surface area (Å²) in [6.07, 6.45) is 0.930. The van der Waals surface area contributed by atoms with Gasteiger partial charge in [-0.1, -0.05) is 19.1 Å². The minimum atomic E-state index is -1.08. The van der Waals surface area contributed by atoms with Gasteiger partial charge in [-0.3, -0.25) is 9.59 Å². The van der Waals surface area contributed by atoms with Gasteiger partial charge in [0.15, 0.2) is 0 Å². The Bertz CT molecular complexity index is 445. The number of aliphatic carboxylic acids is 1. The number of nitrogens with one attached hydrogen (secondary N) is 1. The molecule has 0 spiro atoms. The van der Waals surface area contributed by atoms with E-state index in [2.05, 4.69) is 5.32 Å². The van der Waals surface area contributed by atoms with Crippen LogP contribution in [-0.2, 0) is 16.0 Å². The molecule has 1 aromatic rings. The first-order valence-corrected chi connectivity index (χ1v) is 6.22. The molecule has 19 heavy (non-hydrogen) atoms. The van der Waals surface area contributed by atoms with E-state index in [-0.39, 0.29) is 0 Å². The van der Waals surface area contributed by atoms with Gasteiger partial charge in [0.05, 0.1) is 7.11 Å². The van der Waals surface area contributed by atoms with Crippen molar-refractivity contribution in [2.45, 2.75) is 19.8 Å². The maximum absolute atomic E-state index is 11.6.